The second-order valence-electron chi connectivity index (χ2n) is 6.92. The highest BCUT2D eigenvalue weighted by molar-refractivity contribution is 5.52. The number of nitrogens with zero attached hydrogens (tertiary/aromatic N) is 1. The van der Waals surface area contributed by atoms with Gasteiger partial charge < -0.3 is 5.73 Å². The summed E-state index contributed by atoms with van der Waals surface area (Å²) in [6, 6.07) is 17.4. The van der Waals surface area contributed by atoms with E-state index < -0.39 is 0 Å². The van der Waals surface area contributed by atoms with Crippen molar-refractivity contribution in [1.82, 2.24) is 10.4 Å². The van der Waals surface area contributed by atoms with Crippen LogP contribution in [0.5, 0.6) is 0 Å². The molecule has 1 atom stereocenters. The van der Waals surface area contributed by atoms with Gasteiger partial charge in [0, 0.05) is 24.8 Å². The fourth-order valence-corrected chi connectivity index (χ4v) is 3.43. The lowest BCUT2D eigenvalue weighted by molar-refractivity contribution is 0.0841. The van der Waals surface area contributed by atoms with Gasteiger partial charge in [-0.3, -0.25) is 5.43 Å². The Hall–Kier alpha value is -1.84. The third kappa shape index (κ3) is 3.92. The van der Waals surface area contributed by atoms with Crippen LogP contribution in [-0.4, -0.2) is 11.1 Å². The highest BCUT2D eigenvalue weighted by Gasteiger charge is 2.27. The number of rotatable bonds is 5. The molecule has 3 nitrogen and oxygen atoms in total. The van der Waals surface area contributed by atoms with Crippen LogP contribution in [-0.2, 0) is 19.5 Å². The fraction of sp³-hybridized carbons (Fsp3) is 0.400. The zero-order valence-electron chi connectivity index (χ0n) is 14.1. The number of nitrogen functional groups attached to an aromatic ring is 1. The molecule has 0 fully saturated rings. The zero-order chi connectivity index (χ0) is 16.2. The van der Waals surface area contributed by atoms with Crippen LogP contribution in [0.25, 0.3) is 0 Å². The smallest absolute Gasteiger partial charge is 0.0408 e. The van der Waals surface area contributed by atoms with Gasteiger partial charge in [0.2, 0.25) is 0 Å². The molecule has 1 aliphatic rings. The van der Waals surface area contributed by atoms with E-state index in [-0.39, 0.29) is 0 Å². The molecule has 3 N–H and O–H groups in total. The summed E-state index contributed by atoms with van der Waals surface area (Å²) in [5.41, 5.74) is 14.8. The van der Waals surface area contributed by atoms with Gasteiger partial charge in [-0.05, 0) is 41.5 Å². The molecule has 3 heteroatoms. The lowest BCUT2D eigenvalue weighted by Gasteiger charge is -2.38. The molecule has 0 spiro atoms. The number of nitrogens with one attached hydrogen (secondary N) is 1. The average Bonchev–Trinajstić information content (AvgIpc) is 2.54. The van der Waals surface area contributed by atoms with Crippen molar-refractivity contribution in [3.63, 3.8) is 0 Å². The maximum Gasteiger partial charge on any atom is 0.0408 e. The van der Waals surface area contributed by atoms with E-state index in [4.69, 9.17) is 5.73 Å². The lowest BCUT2D eigenvalue weighted by Crippen LogP contribution is -2.49. The van der Waals surface area contributed by atoms with Gasteiger partial charge in [0.15, 0.2) is 0 Å². The van der Waals surface area contributed by atoms with E-state index in [1.807, 2.05) is 6.07 Å². The number of benzene rings is 2. The Morgan fingerprint density at radius 3 is 2.65 bits per heavy atom. The number of hydrazine groups is 1. The summed E-state index contributed by atoms with van der Waals surface area (Å²) in [7, 11) is 0. The first kappa shape index (κ1) is 16.0. The van der Waals surface area contributed by atoms with E-state index >= 15 is 0 Å². The molecule has 1 aliphatic heterocycles. The largest absolute Gasteiger partial charge is 0.398 e. The van der Waals surface area contributed by atoms with Crippen LogP contribution >= 0.6 is 0 Å². The lowest BCUT2D eigenvalue weighted by atomic mass is 9.89. The summed E-state index contributed by atoms with van der Waals surface area (Å²) < 4.78 is 0. The van der Waals surface area contributed by atoms with Crippen molar-refractivity contribution in [2.75, 3.05) is 5.73 Å². The molecule has 3 rings (SSSR count). The summed E-state index contributed by atoms with van der Waals surface area (Å²) in [4.78, 5) is 0. The molecule has 1 heterocycles. The zero-order valence-corrected chi connectivity index (χ0v) is 14.1. The van der Waals surface area contributed by atoms with Crippen molar-refractivity contribution in [3.8, 4) is 0 Å². The topological polar surface area (TPSA) is 41.3 Å². The molecule has 122 valence electrons. The summed E-state index contributed by atoms with van der Waals surface area (Å²) in [6.45, 7) is 6.33. The normalized spacial score (nSPS) is 18.1. The molecule has 2 aromatic rings. The Kier molecular flexibility index (Phi) is 4.99. The van der Waals surface area contributed by atoms with Crippen molar-refractivity contribution in [3.05, 3.63) is 65.2 Å². The van der Waals surface area contributed by atoms with Gasteiger partial charge in [-0.1, -0.05) is 56.3 Å². The molecule has 1 unspecified atom stereocenters. The van der Waals surface area contributed by atoms with Crippen LogP contribution < -0.4 is 11.2 Å². The Morgan fingerprint density at radius 2 is 1.91 bits per heavy atom. The predicted molar refractivity (Wildman–Crippen MR) is 96.6 cm³/mol. The molecular formula is C20H27N3. The number of nitrogens with two attached hydrogens (primary N) is 1. The summed E-state index contributed by atoms with van der Waals surface area (Å²) in [5.74, 6) is 0.684. The van der Waals surface area contributed by atoms with E-state index in [0.717, 1.165) is 25.2 Å². The van der Waals surface area contributed by atoms with Gasteiger partial charge in [0.1, 0.15) is 0 Å². The van der Waals surface area contributed by atoms with Crippen LogP contribution in [0.4, 0.5) is 5.69 Å². The molecule has 0 amide bonds. The van der Waals surface area contributed by atoms with Crippen molar-refractivity contribution in [2.24, 2.45) is 5.92 Å². The second-order valence-corrected chi connectivity index (χ2v) is 6.92. The number of anilines is 1. The molecule has 23 heavy (non-hydrogen) atoms. The van der Waals surface area contributed by atoms with Gasteiger partial charge in [-0.25, -0.2) is 5.01 Å². The molecular weight excluding hydrogens is 282 g/mol. The number of fused-ring (bicyclic) bond motifs is 1. The number of hydrogen-bond acceptors (Lipinski definition) is 3. The molecule has 0 saturated carbocycles. The highest BCUT2D eigenvalue weighted by Crippen LogP contribution is 2.29. The molecule has 0 radical (unpaired) electrons. The molecule has 0 bridgehead atoms. The average molecular weight is 309 g/mol. The van der Waals surface area contributed by atoms with Gasteiger partial charge in [-0.2, -0.15) is 0 Å². The van der Waals surface area contributed by atoms with E-state index in [1.165, 1.54) is 23.1 Å². The van der Waals surface area contributed by atoms with Crippen LogP contribution in [0.15, 0.2) is 48.5 Å². The fourth-order valence-electron chi connectivity index (χ4n) is 3.43. The third-order valence-corrected chi connectivity index (χ3v) is 4.61. The van der Waals surface area contributed by atoms with Crippen LogP contribution in [0.3, 0.4) is 0 Å². The minimum absolute atomic E-state index is 0.521. The van der Waals surface area contributed by atoms with Crippen LogP contribution in [0.1, 0.15) is 37.0 Å². The molecule has 0 aliphatic carbocycles. The first-order chi connectivity index (χ1) is 11.1. The Balaban J connectivity index is 1.76. The quantitative estimate of drug-likeness (QED) is 0.827. The van der Waals surface area contributed by atoms with Gasteiger partial charge in [0.05, 0.1) is 0 Å². The van der Waals surface area contributed by atoms with Crippen molar-refractivity contribution in [1.29, 1.82) is 0 Å². The first-order valence-corrected chi connectivity index (χ1v) is 8.54. The van der Waals surface area contributed by atoms with E-state index in [0.29, 0.717) is 12.0 Å². The van der Waals surface area contributed by atoms with Crippen molar-refractivity contribution < 1.29 is 0 Å². The van der Waals surface area contributed by atoms with Crippen molar-refractivity contribution in [2.45, 2.75) is 45.8 Å². The van der Waals surface area contributed by atoms with Gasteiger partial charge in [-0.15, -0.1) is 0 Å². The minimum Gasteiger partial charge on any atom is -0.398 e. The standard InChI is InChI=1S/C20H27N3/c1-15(2)11-18-12-17-9-6-10-20(21)19(17)14-23(18)22-13-16-7-4-3-5-8-16/h3-10,15,18,22H,11-14,21H2,1-2H3. The maximum atomic E-state index is 6.20. The van der Waals surface area contributed by atoms with E-state index in [2.05, 4.69) is 66.7 Å². The molecule has 0 saturated heterocycles. The summed E-state index contributed by atoms with van der Waals surface area (Å²) in [5, 5.41) is 2.39. The summed E-state index contributed by atoms with van der Waals surface area (Å²) >= 11 is 0. The van der Waals surface area contributed by atoms with E-state index in [9.17, 15) is 0 Å². The SMILES string of the molecule is CC(C)CC1Cc2cccc(N)c2CN1NCc1ccccc1. The second kappa shape index (κ2) is 7.16. The van der Waals surface area contributed by atoms with Crippen molar-refractivity contribution >= 4 is 5.69 Å². The molecule has 0 aromatic heterocycles. The maximum absolute atomic E-state index is 6.20. The Labute approximate surface area is 139 Å². The summed E-state index contributed by atoms with van der Waals surface area (Å²) in [6.07, 6.45) is 2.26. The molecule has 2 aromatic carbocycles. The Bertz CT molecular complexity index is 637. The third-order valence-electron chi connectivity index (χ3n) is 4.61. The van der Waals surface area contributed by atoms with E-state index in [1.54, 1.807) is 0 Å². The van der Waals surface area contributed by atoms with Crippen LogP contribution in [0, 0.1) is 5.92 Å². The highest BCUT2D eigenvalue weighted by atomic mass is 15.5. The number of hydrogen-bond donors (Lipinski definition) is 2. The predicted octanol–water partition coefficient (Wildman–Crippen LogP) is 3.75. The first-order valence-electron chi connectivity index (χ1n) is 8.54. The monoisotopic (exact) mass is 309 g/mol. The Morgan fingerprint density at radius 1 is 1.13 bits per heavy atom. The van der Waals surface area contributed by atoms with Gasteiger partial charge in [0.25, 0.3) is 0 Å². The minimum atomic E-state index is 0.521. The van der Waals surface area contributed by atoms with Crippen LogP contribution in [0.2, 0.25) is 0 Å². The van der Waals surface area contributed by atoms with Gasteiger partial charge >= 0.3 is 0 Å².